The summed E-state index contributed by atoms with van der Waals surface area (Å²) in [6.07, 6.45) is 0. The Bertz CT molecular complexity index is 768. The first-order valence-corrected chi connectivity index (χ1v) is 7.51. The Morgan fingerprint density at radius 3 is 1.96 bits per heavy atom. The third-order valence-corrected chi connectivity index (χ3v) is 4.08. The number of imide groups is 1. The van der Waals surface area contributed by atoms with Crippen LogP contribution in [0.1, 0.15) is 47.1 Å². The molecule has 2 amide bonds. The van der Waals surface area contributed by atoms with Gasteiger partial charge in [-0.05, 0) is 35.2 Å². The second-order valence-electron chi connectivity index (χ2n) is 6.63. The molecule has 0 saturated carbocycles. The number of hydrogen-bond acceptors (Lipinski definition) is 3. The van der Waals surface area contributed by atoms with Crippen molar-refractivity contribution in [2.75, 3.05) is 12.0 Å². The Balaban J connectivity index is 2.16. The maximum Gasteiger partial charge on any atom is 0.266 e. The SMILES string of the molecule is COc1ccc(C(C)(C)C)cc1N1C(=O)c2ccccc2C1=O. The second-order valence-corrected chi connectivity index (χ2v) is 6.63. The predicted octanol–water partition coefficient (Wildman–Crippen LogP) is 3.79. The summed E-state index contributed by atoms with van der Waals surface area (Å²) in [6.45, 7) is 6.25. The van der Waals surface area contributed by atoms with Crippen molar-refractivity contribution in [3.05, 3.63) is 59.2 Å². The molecule has 23 heavy (non-hydrogen) atoms. The molecule has 4 nitrogen and oxygen atoms in total. The molecule has 0 fully saturated rings. The monoisotopic (exact) mass is 309 g/mol. The van der Waals surface area contributed by atoms with E-state index < -0.39 is 0 Å². The van der Waals surface area contributed by atoms with E-state index >= 15 is 0 Å². The first-order valence-electron chi connectivity index (χ1n) is 7.51. The molecular weight excluding hydrogens is 290 g/mol. The third-order valence-electron chi connectivity index (χ3n) is 4.08. The molecule has 1 aliphatic heterocycles. The van der Waals surface area contributed by atoms with Crippen LogP contribution >= 0.6 is 0 Å². The zero-order valence-electron chi connectivity index (χ0n) is 13.7. The molecule has 0 aliphatic carbocycles. The normalized spacial score (nSPS) is 14.2. The minimum atomic E-state index is -0.310. The van der Waals surface area contributed by atoms with Crippen LogP contribution in [0.15, 0.2) is 42.5 Å². The third kappa shape index (κ3) is 2.40. The first kappa shape index (κ1) is 15.3. The number of fused-ring (bicyclic) bond motifs is 1. The highest BCUT2D eigenvalue weighted by atomic mass is 16.5. The molecule has 4 heteroatoms. The van der Waals surface area contributed by atoms with Crippen molar-refractivity contribution >= 4 is 17.5 Å². The lowest BCUT2D eigenvalue weighted by Gasteiger charge is -2.23. The van der Waals surface area contributed by atoms with Crippen molar-refractivity contribution in [3.8, 4) is 5.75 Å². The van der Waals surface area contributed by atoms with Gasteiger partial charge >= 0.3 is 0 Å². The summed E-state index contributed by atoms with van der Waals surface area (Å²) < 4.78 is 5.37. The highest BCUT2D eigenvalue weighted by molar-refractivity contribution is 6.34. The average Bonchev–Trinajstić information content (AvgIpc) is 2.78. The molecule has 3 rings (SSSR count). The standard InChI is InChI=1S/C19H19NO3/c1-19(2,3)12-9-10-16(23-4)15(11-12)20-17(21)13-7-5-6-8-14(13)18(20)22/h5-11H,1-4H3. The zero-order valence-corrected chi connectivity index (χ0v) is 13.7. The fourth-order valence-electron chi connectivity index (χ4n) is 2.74. The number of amides is 2. The lowest BCUT2D eigenvalue weighted by Crippen LogP contribution is -2.30. The zero-order chi connectivity index (χ0) is 16.8. The second kappa shape index (κ2) is 5.23. The van der Waals surface area contributed by atoms with Crippen molar-refractivity contribution in [1.82, 2.24) is 0 Å². The molecule has 2 aromatic rings. The van der Waals surface area contributed by atoms with Crippen LogP contribution in [0.3, 0.4) is 0 Å². The Morgan fingerprint density at radius 2 is 1.48 bits per heavy atom. The van der Waals surface area contributed by atoms with Crippen LogP contribution in [0.5, 0.6) is 5.75 Å². The summed E-state index contributed by atoms with van der Waals surface area (Å²) in [4.78, 5) is 26.6. The van der Waals surface area contributed by atoms with Crippen LogP contribution in [0.2, 0.25) is 0 Å². The molecule has 0 radical (unpaired) electrons. The Labute approximate surface area is 135 Å². The van der Waals surface area contributed by atoms with E-state index in [4.69, 9.17) is 4.74 Å². The molecule has 0 spiro atoms. The van der Waals surface area contributed by atoms with Crippen LogP contribution in [0.25, 0.3) is 0 Å². The summed E-state index contributed by atoms with van der Waals surface area (Å²) in [5, 5.41) is 0. The number of benzene rings is 2. The number of anilines is 1. The van der Waals surface area contributed by atoms with Crippen molar-refractivity contribution in [2.24, 2.45) is 0 Å². The van der Waals surface area contributed by atoms with Gasteiger partial charge in [0.25, 0.3) is 11.8 Å². The van der Waals surface area contributed by atoms with E-state index in [1.54, 1.807) is 30.3 Å². The van der Waals surface area contributed by atoms with Gasteiger partial charge < -0.3 is 4.74 Å². The van der Waals surface area contributed by atoms with Crippen LogP contribution in [-0.2, 0) is 5.41 Å². The average molecular weight is 309 g/mol. The summed E-state index contributed by atoms with van der Waals surface area (Å²) in [5.41, 5.74) is 2.29. The van der Waals surface area contributed by atoms with Gasteiger partial charge in [0.05, 0.1) is 23.9 Å². The van der Waals surface area contributed by atoms with Crippen molar-refractivity contribution < 1.29 is 14.3 Å². The smallest absolute Gasteiger partial charge is 0.266 e. The van der Waals surface area contributed by atoms with Gasteiger partial charge in [0.15, 0.2) is 0 Å². The first-order chi connectivity index (χ1) is 10.8. The van der Waals surface area contributed by atoms with Crippen molar-refractivity contribution in [1.29, 1.82) is 0 Å². The van der Waals surface area contributed by atoms with E-state index in [1.807, 2.05) is 12.1 Å². The molecule has 1 heterocycles. The van der Waals surface area contributed by atoms with E-state index in [9.17, 15) is 9.59 Å². The molecule has 0 unspecified atom stereocenters. The van der Waals surface area contributed by atoms with Gasteiger partial charge in [0.1, 0.15) is 5.75 Å². The highest BCUT2D eigenvalue weighted by Gasteiger charge is 2.38. The van der Waals surface area contributed by atoms with Gasteiger partial charge in [-0.25, -0.2) is 4.90 Å². The van der Waals surface area contributed by atoms with Gasteiger partial charge in [-0.15, -0.1) is 0 Å². The highest BCUT2D eigenvalue weighted by Crippen LogP contribution is 2.37. The van der Waals surface area contributed by atoms with Crippen LogP contribution in [0, 0.1) is 0 Å². The quantitative estimate of drug-likeness (QED) is 0.793. The minimum Gasteiger partial charge on any atom is -0.495 e. The summed E-state index contributed by atoms with van der Waals surface area (Å²) in [7, 11) is 1.54. The van der Waals surface area contributed by atoms with E-state index in [1.165, 1.54) is 12.0 Å². The van der Waals surface area contributed by atoms with E-state index in [0.29, 0.717) is 22.6 Å². The van der Waals surface area contributed by atoms with Gasteiger partial charge in [0, 0.05) is 0 Å². The maximum absolute atomic E-state index is 12.7. The Kier molecular flexibility index (Phi) is 3.48. The number of nitrogens with zero attached hydrogens (tertiary/aromatic N) is 1. The van der Waals surface area contributed by atoms with Crippen molar-refractivity contribution in [2.45, 2.75) is 26.2 Å². The van der Waals surface area contributed by atoms with E-state index in [2.05, 4.69) is 20.8 Å². The van der Waals surface area contributed by atoms with Gasteiger partial charge in [-0.2, -0.15) is 0 Å². The van der Waals surface area contributed by atoms with Crippen LogP contribution in [-0.4, -0.2) is 18.9 Å². The lowest BCUT2D eigenvalue weighted by molar-refractivity contribution is 0.0925. The molecular formula is C19H19NO3. The molecule has 0 bridgehead atoms. The van der Waals surface area contributed by atoms with Crippen molar-refractivity contribution in [3.63, 3.8) is 0 Å². The molecule has 2 aromatic carbocycles. The van der Waals surface area contributed by atoms with Crippen LogP contribution in [0.4, 0.5) is 5.69 Å². The number of hydrogen-bond donors (Lipinski definition) is 0. The van der Waals surface area contributed by atoms with E-state index in [0.717, 1.165) is 5.56 Å². The number of ether oxygens (including phenoxy) is 1. The number of rotatable bonds is 2. The largest absolute Gasteiger partial charge is 0.495 e. The van der Waals surface area contributed by atoms with E-state index in [-0.39, 0.29) is 17.2 Å². The van der Waals surface area contributed by atoms with Crippen LogP contribution < -0.4 is 9.64 Å². The number of carbonyl (C=O) groups excluding carboxylic acids is 2. The van der Waals surface area contributed by atoms with Gasteiger partial charge in [-0.3, -0.25) is 9.59 Å². The van der Waals surface area contributed by atoms with Gasteiger partial charge in [-0.1, -0.05) is 39.0 Å². The Hall–Kier alpha value is -2.62. The molecule has 0 N–H and O–H groups in total. The summed E-state index contributed by atoms with van der Waals surface area (Å²) in [5.74, 6) is -0.113. The fourth-order valence-corrected chi connectivity index (χ4v) is 2.74. The molecule has 0 aromatic heterocycles. The lowest BCUT2D eigenvalue weighted by atomic mass is 9.86. The predicted molar refractivity (Wildman–Crippen MR) is 89.3 cm³/mol. The topological polar surface area (TPSA) is 46.6 Å². The minimum absolute atomic E-state index is 0.0975. The fraction of sp³-hybridized carbons (Fsp3) is 0.263. The molecule has 1 aliphatic rings. The summed E-state index contributed by atoms with van der Waals surface area (Å²) in [6, 6.07) is 12.5. The number of methoxy groups -OCH3 is 1. The van der Waals surface area contributed by atoms with Gasteiger partial charge in [0.2, 0.25) is 0 Å². The number of carbonyl (C=O) groups is 2. The summed E-state index contributed by atoms with van der Waals surface area (Å²) >= 11 is 0. The molecule has 118 valence electrons. The maximum atomic E-state index is 12.7. The molecule has 0 saturated heterocycles. The Morgan fingerprint density at radius 1 is 0.913 bits per heavy atom. The molecule has 0 atom stereocenters.